The summed E-state index contributed by atoms with van der Waals surface area (Å²) in [5.74, 6) is -1.17. The molecular formula is C23H28ClNO8S2. The van der Waals surface area contributed by atoms with E-state index in [1.54, 1.807) is 12.1 Å². The summed E-state index contributed by atoms with van der Waals surface area (Å²) in [7, 11) is -4.19. The Morgan fingerprint density at radius 2 is 1.23 bits per heavy atom. The molecule has 0 aliphatic carbocycles. The van der Waals surface area contributed by atoms with Gasteiger partial charge >= 0.3 is 11.9 Å². The van der Waals surface area contributed by atoms with Crippen LogP contribution in [0.5, 0.6) is 0 Å². The van der Waals surface area contributed by atoms with E-state index >= 15 is 0 Å². The Labute approximate surface area is 210 Å². The Hall–Kier alpha value is -2.63. The van der Waals surface area contributed by atoms with Crippen LogP contribution in [0.3, 0.4) is 0 Å². The lowest BCUT2D eigenvalue weighted by molar-refractivity contribution is 0.0592. The number of carbonyl (C=O) groups excluding carboxylic acids is 2. The minimum atomic E-state index is -3.35. The molecule has 0 aromatic heterocycles. The van der Waals surface area contributed by atoms with Gasteiger partial charge in [0.15, 0.2) is 19.7 Å². The van der Waals surface area contributed by atoms with Gasteiger partial charge in [-0.15, -0.1) is 0 Å². The number of halogens is 1. The van der Waals surface area contributed by atoms with Crippen LogP contribution in [-0.2, 0) is 29.1 Å². The van der Waals surface area contributed by atoms with Gasteiger partial charge in [0, 0.05) is 25.6 Å². The van der Waals surface area contributed by atoms with Crippen LogP contribution in [0.2, 0.25) is 5.02 Å². The van der Waals surface area contributed by atoms with Crippen LogP contribution in [0, 0.1) is 0 Å². The number of ether oxygens (including phenoxy) is 2. The van der Waals surface area contributed by atoms with E-state index in [1.807, 2.05) is 0 Å². The Balaban J connectivity index is 0.000000258. The van der Waals surface area contributed by atoms with Gasteiger partial charge in [0.25, 0.3) is 0 Å². The average Bonchev–Trinajstić information content (AvgIpc) is 2.82. The van der Waals surface area contributed by atoms with Crippen molar-refractivity contribution in [2.45, 2.75) is 29.1 Å². The molecule has 1 heterocycles. The highest BCUT2D eigenvalue weighted by atomic mass is 35.5. The molecule has 9 nitrogen and oxygen atoms in total. The monoisotopic (exact) mass is 545 g/mol. The summed E-state index contributed by atoms with van der Waals surface area (Å²) in [6.07, 6.45) is 5.52. The first-order chi connectivity index (χ1) is 16.3. The molecule has 2 aromatic carbocycles. The summed E-state index contributed by atoms with van der Waals surface area (Å²) >= 11 is 5.72. The number of hydrogen-bond donors (Lipinski definition) is 0. The number of rotatable bonds is 5. The zero-order valence-electron chi connectivity index (χ0n) is 19.9. The Bertz CT molecular complexity index is 1300. The van der Waals surface area contributed by atoms with Gasteiger partial charge < -0.3 is 14.4 Å². The van der Waals surface area contributed by atoms with Crippen molar-refractivity contribution >= 4 is 48.9 Å². The van der Waals surface area contributed by atoms with E-state index in [1.165, 1.54) is 44.9 Å². The molecule has 35 heavy (non-hydrogen) atoms. The first-order valence-corrected chi connectivity index (χ1v) is 14.7. The normalized spacial score (nSPS) is 13.9. The molecule has 0 saturated carbocycles. The standard InChI is InChI=1S/C14H19NO4S.C9H9ClO4S/c1-19-14(16)12-10-11(20(2,17)18)6-7-13(12)15-8-4-3-5-9-15;1-14-9(11)7-5-6(15(2,12)13)3-4-8(7)10/h6-7,10H,3-5,8-9H2,1-2H3;3-5H,1-2H3. The average molecular weight is 546 g/mol. The molecular weight excluding hydrogens is 518 g/mol. The number of esters is 2. The van der Waals surface area contributed by atoms with Crippen molar-refractivity contribution in [2.24, 2.45) is 0 Å². The topological polar surface area (TPSA) is 124 Å². The van der Waals surface area contributed by atoms with Crippen molar-refractivity contribution < 1.29 is 35.9 Å². The second kappa shape index (κ2) is 11.9. The Morgan fingerprint density at radius 1 is 0.771 bits per heavy atom. The minimum Gasteiger partial charge on any atom is -0.465 e. The van der Waals surface area contributed by atoms with Gasteiger partial charge in [-0.05, 0) is 55.7 Å². The van der Waals surface area contributed by atoms with Crippen molar-refractivity contribution in [3.05, 3.63) is 52.5 Å². The smallest absolute Gasteiger partial charge is 0.340 e. The van der Waals surface area contributed by atoms with Crippen LogP contribution < -0.4 is 4.90 Å². The first kappa shape index (κ1) is 28.6. The minimum absolute atomic E-state index is 0.0345. The van der Waals surface area contributed by atoms with Crippen LogP contribution in [-0.4, -0.2) is 68.6 Å². The number of anilines is 1. The zero-order chi connectivity index (χ0) is 26.4. The van der Waals surface area contributed by atoms with E-state index in [2.05, 4.69) is 9.64 Å². The molecule has 0 radical (unpaired) electrons. The summed E-state index contributed by atoms with van der Waals surface area (Å²) in [6, 6.07) is 8.54. The molecule has 0 atom stereocenters. The van der Waals surface area contributed by atoms with Gasteiger partial charge in [0.2, 0.25) is 0 Å². The van der Waals surface area contributed by atoms with Gasteiger partial charge in [0.05, 0.1) is 45.8 Å². The van der Waals surface area contributed by atoms with Crippen LogP contribution in [0.1, 0.15) is 40.0 Å². The quantitative estimate of drug-likeness (QED) is 0.520. The van der Waals surface area contributed by atoms with Crippen molar-refractivity contribution in [3.8, 4) is 0 Å². The largest absolute Gasteiger partial charge is 0.465 e. The molecule has 1 saturated heterocycles. The van der Waals surface area contributed by atoms with E-state index in [0.29, 0.717) is 5.56 Å². The molecule has 1 aliphatic heterocycles. The number of piperidine rings is 1. The van der Waals surface area contributed by atoms with Crippen molar-refractivity contribution in [1.82, 2.24) is 0 Å². The maximum absolute atomic E-state index is 11.9. The SMILES string of the molecule is COC(=O)c1cc(S(C)(=O)=O)ccc1Cl.COC(=O)c1cc(S(C)(=O)=O)ccc1N1CCCCC1. The van der Waals surface area contributed by atoms with E-state index in [0.717, 1.165) is 44.1 Å². The predicted molar refractivity (Wildman–Crippen MR) is 133 cm³/mol. The summed E-state index contributed by atoms with van der Waals surface area (Å²) in [6.45, 7) is 1.75. The maximum Gasteiger partial charge on any atom is 0.340 e. The van der Waals surface area contributed by atoms with Crippen LogP contribution >= 0.6 is 11.6 Å². The lowest BCUT2D eigenvalue weighted by Crippen LogP contribution is -2.31. The summed E-state index contributed by atoms with van der Waals surface area (Å²) in [5, 5.41) is 0.161. The number of nitrogens with zero attached hydrogens (tertiary/aromatic N) is 1. The van der Waals surface area contributed by atoms with E-state index in [9.17, 15) is 26.4 Å². The molecule has 0 bridgehead atoms. The van der Waals surface area contributed by atoms with Gasteiger partial charge in [-0.2, -0.15) is 0 Å². The lowest BCUT2D eigenvalue weighted by atomic mass is 10.1. The molecule has 12 heteroatoms. The number of benzene rings is 2. The van der Waals surface area contributed by atoms with Gasteiger partial charge in [0.1, 0.15) is 0 Å². The van der Waals surface area contributed by atoms with Crippen molar-refractivity contribution in [3.63, 3.8) is 0 Å². The van der Waals surface area contributed by atoms with Gasteiger partial charge in [-0.1, -0.05) is 11.6 Å². The third-order valence-corrected chi connectivity index (χ3v) is 7.82. The van der Waals surface area contributed by atoms with Crippen LogP contribution in [0.15, 0.2) is 46.2 Å². The molecule has 192 valence electrons. The molecule has 3 rings (SSSR count). The molecule has 2 aromatic rings. The fraction of sp³-hybridized carbons (Fsp3) is 0.391. The molecule has 1 fully saturated rings. The number of carbonyl (C=O) groups is 2. The van der Waals surface area contributed by atoms with Crippen molar-refractivity contribution in [2.75, 3.05) is 44.7 Å². The Morgan fingerprint density at radius 3 is 1.71 bits per heavy atom. The fourth-order valence-electron chi connectivity index (χ4n) is 3.43. The van der Waals surface area contributed by atoms with Crippen molar-refractivity contribution in [1.29, 1.82) is 0 Å². The second-order valence-corrected chi connectivity index (χ2v) is 12.3. The lowest BCUT2D eigenvalue weighted by Gasteiger charge is -2.30. The summed E-state index contributed by atoms with van der Waals surface area (Å²) in [5.41, 5.74) is 1.11. The number of sulfone groups is 2. The van der Waals surface area contributed by atoms with Crippen LogP contribution in [0.4, 0.5) is 5.69 Å². The highest BCUT2D eigenvalue weighted by Gasteiger charge is 2.21. The zero-order valence-corrected chi connectivity index (χ0v) is 22.3. The highest BCUT2D eigenvalue weighted by Crippen LogP contribution is 2.27. The first-order valence-electron chi connectivity index (χ1n) is 10.5. The molecule has 0 amide bonds. The highest BCUT2D eigenvalue weighted by molar-refractivity contribution is 7.91. The van der Waals surface area contributed by atoms with Gasteiger partial charge in [-0.3, -0.25) is 0 Å². The van der Waals surface area contributed by atoms with Gasteiger partial charge in [-0.25, -0.2) is 26.4 Å². The molecule has 0 spiro atoms. The van der Waals surface area contributed by atoms with E-state index < -0.39 is 31.6 Å². The Kier molecular flexibility index (Phi) is 9.70. The fourth-order valence-corrected chi connectivity index (χ4v) is 4.92. The number of methoxy groups -OCH3 is 2. The number of hydrogen-bond acceptors (Lipinski definition) is 9. The molecule has 0 N–H and O–H groups in total. The van der Waals surface area contributed by atoms with E-state index in [4.69, 9.17) is 16.3 Å². The molecule has 0 unspecified atom stereocenters. The van der Waals surface area contributed by atoms with Crippen LogP contribution in [0.25, 0.3) is 0 Å². The third kappa shape index (κ3) is 7.68. The molecule has 1 aliphatic rings. The summed E-state index contributed by atoms with van der Waals surface area (Å²) < 4.78 is 54.9. The predicted octanol–water partition coefficient (Wildman–Crippen LogP) is 3.40. The van der Waals surface area contributed by atoms with E-state index in [-0.39, 0.29) is 20.4 Å². The third-order valence-electron chi connectivity index (χ3n) is 5.27. The second-order valence-electron chi connectivity index (χ2n) is 7.90. The summed E-state index contributed by atoms with van der Waals surface area (Å²) in [4.78, 5) is 25.4. The maximum atomic E-state index is 11.9.